The van der Waals surface area contributed by atoms with Gasteiger partial charge in [0.2, 0.25) is 0 Å². The Morgan fingerprint density at radius 3 is 2.15 bits per heavy atom. The summed E-state index contributed by atoms with van der Waals surface area (Å²) in [5.41, 5.74) is 1.34. The fraction of sp³-hybridized carbons (Fsp3) is 0.286. The van der Waals surface area contributed by atoms with Gasteiger partial charge in [-0.05, 0) is 45.3 Å². The first-order chi connectivity index (χ1) is 12.3. The van der Waals surface area contributed by atoms with Crippen LogP contribution in [0.3, 0.4) is 0 Å². The zero-order chi connectivity index (χ0) is 18.5. The molecule has 0 bridgehead atoms. The van der Waals surface area contributed by atoms with Crippen LogP contribution >= 0.6 is 0 Å². The standard InChI is InChI=1S/C21H21BO4/c1-20(2)21(3,4)26-22(25-20)15-10-11-16-17(23)13-18(24-19(16)12-15)14-8-6-5-7-9-14/h5-13H,1-4H3. The van der Waals surface area contributed by atoms with E-state index in [4.69, 9.17) is 13.7 Å². The number of benzene rings is 2. The Hall–Kier alpha value is -2.37. The lowest BCUT2D eigenvalue weighted by molar-refractivity contribution is 0.00578. The van der Waals surface area contributed by atoms with Crippen molar-refractivity contribution in [2.24, 2.45) is 0 Å². The van der Waals surface area contributed by atoms with E-state index < -0.39 is 18.3 Å². The Labute approximate surface area is 152 Å². The van der Waals surface area contributed by atoms with Gasteiger partial charge in [-0.1, -0.05) is 36.4 Å². The van der Waals surface area contributed by atoms with E-state index in [0.29, 0.717) is 16.7 Å². The van der Waals surface area contributed by atoms with E-state index in [1.807, 2.05) is 70.2 Å². The third-order valence-electron chi connectivity index (χ3n) is 5.34. The molecule has 1 aromatic heterocycles. The van der Waals surface area contributed by atoms with Crippen LogP contribution in [0.5, 0.6) is 0 Å². The smallest absolute Gasteiger partial charge is 0.456 e. The first kappa shape index (κ1) is 17.1. The highest BCUT2D eigenvalue weighted by Crippen LogP contribution is 2.36. The van der Waals surface area contributed by atoms with Crippen LogP contribution in [0.4, 0.5) is 0 Å². The van der Waals surface area contributed by atoms with Crippen LogP contribution in [0.25, 0.3) is 22.3 Å². The van der Waals surface area contributed by atoms with E-state index in [-0.39, 0.29) is 5.43 Å². The molecule has 0 atom stereocenters. The second-order valence-electron chi connectivity index (χ2n) is 7.68. The van der Waals surface area contributed by atoms with Gasteiger partial charge in [-0.2, -0.15) is 0 Å². The summed E-state index contributed by atoms with van der Waals surface area (Å²) >= 11 is 0. The SMILES string of the molecule is CC1(C)OB(c2ccc3c(=O)cc(-c4ccccc4)oc3c2)OC1(C)C. The van der Waals surface area contributed by atoms with E-state index in [2.05, 4.69) is 0 Å². The Kier molecular flexibility index (Phi) is 3.83. The molecular weight excluding hydrogens is 327 g/mol. The van der Waals surface area contributed by atoms with Crippen molar-refractivity contribution in [3.8, 4) is 11.3 Å². The van der Waals surface area contributed by atoms with Crippen molar-refractivity contribution in [3.05, 3.63) is 64.8 Å². The Balaban J connectivity index is 1.79. The van der Waals surface area contributed by atoms with Gasteiger partial charge in [0.1, 0.15) is 11.3 Å². The Morgan fingerprint density at radius 2 is 1.50 bits per heavy atom. The number of fused-ring (bicyclic) bond motifs is 1. The lowest BCUT2D eigenvalue weighted by Crippen LogP contribution is -2.41. The molecule has 5 heteroatoms. The predicted octanol–water partition coefficient (Wildman–Crippen LogP) is 3.76. The summed E-state index contributed by atoms with van der Waals surface area (Å²) in [5, 5.41) is 0.546. The lowest BCUT2D eigenvalue weighted by atomic mass is 9.79. The fourth-order valence-corrected chi connectivity index (χ4v) is 3.04. The third-order valence-corrected chi connectivity index (χ3v) is 5.34. The molecule has 4 nitrogen and oxygen atoms in total. The largest absolute Gasteiger partial charge is 0.494 e. The quantitative estimate of drug-likeness (QED) is 0.662. The molecule has 2 heterocycles. The van der Waals surface area contributed by atoms with Crippen molar-refractivity contribution < 1.29 is 13.7 Å². The summed E-state index contributed by atoms with van der Waals surface area (Å²) in [5.74, 6) is 0.550. The molecule has 3 aromatic rings. The van der Waals surface area contributed by atoms with Crippen molar-refractivity contribution in [3.63, 3.8) is 0 Å². The summed E-state index contributed by atoms with van der Waals surface area (Å²) in [6, 6.07) is 16.6. The van der Waals surface area contributed by atoms with Gasteiger partial charge in [0, 0.05) is 11.6 Å². The molecule has 26 heavy (non-hydrogen) atoms. The number of hydrogen-bond donors (Lipinski definition) is 0. The summed E-state index contributed by atoms with van der Waals surface area (Å²) < 4.78 is 18.2. The summed E-state index contributed by atoms with van der Waals surface area (Å²) in [6.45, 7) is 8.06. The van der Waals surface area contributed by atoms with Crippen LogP contribution in [0, 0.1) is 0 Å². The average Bonchev–Trinajstić information content (AvgIpc) is 2.83. The topological polar surface area (TPSA) is 48.7 Å². The molecule has 0 saturated carbocycles. The molecule has 0 amide bonds. The highest BCUT2D eigenvalue weighted by atomic mass is 16.7. The molecule has 132 valence electrons. The van der Waals surface area contributed by atoms with Gasteiger partial charge in [-0.3, -0.25) is 4.79 Å². The Morgan fingerprint density at radius 1 is 0.846 bits per heavy atom. The molecule has 1 fully saturated rings. The molecule has 0 aliphatic carbocycles. The third kappa shape index (κ3) is 2.77. The first-order valence-corrected chi connectivity index (χ1v) is 8.76. The molecule has 1 saturated heterocycles. The number of rotatable bonds is 2. The highest BCUT2D eigenvalue weighted by Gasteiger charge is 2.51. The molecule has 0 radical (unpaired) electrons. The number of hydrogen-bond acceptors (Lipinski definition) is 4. The van der Waals surface area contributed by atoms with Crippen LogP contribution in [0.1, 0.15) is 27.7 Å². The minimum Gasteiger partial charge on any atom is -0.456 e. The van der Waals surface area contributed by atoms with Gasteiger partial charge < -0.3 is 13.7 Å². The molecule has 4 rings (SSSR count). The van der Waals surface area contributed by atoms with E-state index in [0.717, 1.165) is 11.0 Å². The molecule has 0 spiro atoms. The maximum absolute atomic E-state index is 12.5. The van der Waals surface area contributed by atoms with E-state index in [1.165, 1.54) is 6.07 Å². The first-order valence-electron chi connectivity index (χ1n) is 8.76. The molecular formula is C21H21BO4. The molecule has 0 unspecified atom stereocenters. The predicted molar refractivity (Wildman–Crippen MR) is 104 cm³/mol. The van der Waals surface area contributed by atoms with Crippen molar-refractivity contribution in [1.29, 1.82) is 0 Å². The van der Waals surface area contributed by atoms with Crippen molar-refractivity contribution >= 4 is 23.6 Å². The maximum atomic E-state index is 12.5. The van der Waals surface area contributed by atoms with Gasteiger partial charge in [0.05, 0.1) is 16.6 Å². The zero-order valence-corrected chi connectivity index (χ0v) is 15.4. The molecule has 1 aliphatic heterocycles. The van der Waals surface area contributed by atoms with Crippen LogP contribution < -0.4 is 10.9 Å². The van der Waals surface area contributed by atoms with Crippen LogP contribution in [-0.4, -0.2) is 18.3 Å². The van der Waals surface area contributed by atoms with Crippen LogP contribution in [0.15, 0.2) is 63.8 Å². The van der Waals surface area contributed by atoms with Crippen molar-refractivity contribution in [2.45, 2.75) is 38.9 Å². The minimum absolute atomic E-state index is 0.0643. The van der Waals surface area contributed by atoms with Crippen molar-refractivity contribution in [2.75, 3.05) is 0 Å². The Bertz CT molecular complexity index is 1010. The van der Waals surface area contributed by atoms with Crippen LogP contribution in [0.2, 0.25) is 0 Å². The zero-order valence-electron chi connectivity index (χ0n) is 15.4. The van der Waals surface area contributed by atoms with Crippen LogP contribution in [-0.2, 0) is 9.31 Å². The van der Waals surface area contributed by atoms with Crippen molar-refractivity contribution in [1.82, 2.24) is 0 Å². The second-order valence-corrected chi connectivity index (χ2v) is 7.68. The van der Waals surface area contributed by atoms with E-state index in [1.54, 1.807) is 6.07 Å². The van der Waals surface area contributed by atoms with E-state index >= 15 is 0 Å². The van der Waals surface area contributed by atoms with Gasteiger partial charge in [-0.15, -0.1) is 0 Å². The normalized spacial score (nSPS) is 18.4. The molecule has 0 N–H and O–H groups in total. The minimum atomic E-state index is -0.491. The maximum Gasteiger partial charge on any atom is 0.494 e. The molecule has 1 aliphatic rings. The average molecular weight is 348 g/mol. The summed E-state index contributed by atoms with van der Waals surface area (Å²) in [4.78, 5) is 12.5. The summed E-state index contributed by atoms with van der Waals surface area (Å²) in [7, 11) is -0.491. The van der Waals surface area contributed by atoms with Gasteiger partial charge >= 0.3 is 7.12 Å². The van der Waals surface area contributed by atoms with E-state index in [9.17, 15) is 4.79 Å². The summed E-state index contributed by atoms with van der Waals surface area (Å²) in [6.07, 6.45) is 0. The highest BCUT2D eigenvalue weighted by molar-refractivity contribution is 6.62. The lowest BCUT2D eigenvalue weighted by Gasteiger charge is -2.32. The monoisotopic (exact) mass is 348 g/mol. The second kappa shape index (κ2) is 5.83. The molecule has 2 aromatic carbocycles. The van der Waals surface area contributed by atoms with Gasteiger partial charge in [-0.25, -0.2) is 0 Å². The van der Waals surface area contributed by atoms with Gasteiger partial charge in [0.25, 0.3) is 0 Å². The fourth-order valence-electron chi connectivity index (χ4n) is 3.04. The van der Waals surface area contributed by atoms with Gasteiger partial charge in [0.15, 0.2) is 5.43 Å².